The van der Waals surface area contributed by atoms with E-state index in [2.05, 4.69) is 0 Å². The predicted molar refractivity (Wildman–Crippen MR) is 89.5 cm³/mol. The van der Waals surface area contributed by atoms with Crippen molar-refractivity contribution >= 4 is 0 Å². The Hall–Kier alpha value is -3.16. The van der Waals surface area contributed by atoms with Crippen LogP contribution in [-0.2, 0) is 12.4 Å². The lowest BCUT2D eigenvalue weighted by Crippen LogP contribution is -2.04. The second-order valence-corrected chi connectivity index (χ2v) is 5.72. The molecule has 8 heteroatoms. The van der Waals surface area contributed by atoms with Crippen LogP contribution < -0.4 is 9.47 Å². The van der Waals surface area contributed by atoms with Crippen molar-refractivity contribution in [2.45, 2.75) is 12.4 Å². The highest BCUT2D eigenvalue weighted by atomic mass is 19.4. The van der Waals surface area contributed by atoms with E-state index >= 15 is 0 Å². The Bertz CT molecular complexity index is 833. The molecule has 0 aromatic heterocycles. The largest absolute Gasteiger partial charge is 0.457 e. The topological polar surface area (TPSA) is 18.5 Å². The van der Waals surface area contributed by atoms with Crippen LogP contribution in [0.1, 0.15) is 11.1 Å². The summed E-state index contributed by atoms with van der Waals surface area (Å²) < 4.78 is 86.2. The minimum Gasteiger partial charge on any atom is -0.457 e. The average molecular weight is 398 g/mol. The van der Waals surface area contributed by atoms with Crippen molar-refractivity contribution in [2.24, 2.45) is 0 Å². The Labute approximate surface area is 155 Å². The minimum absolute atomic E-state index is 0.226. The van der Waals surface area contributed by atoms with Crippen molar-refractivity contribution in [2.75, 3.05) is 0 Å². The Morgan fingerprint density at radius 2 is 0.607 bits per heavy atom. The molecule has 0 atom stereocenters. The van der Waals surface area contributed by atoms with Crippen molar-refractivity contribution in [3.8, 4) is 23.0 Å². The lowest BCUT2D eigenvalue weighted by atomic mass is 10.2. The van der Waals surface area contributed by atoms with E-state index in [0.29, 0.717) is 11.5 Å². The number of ether oxygens (including phenoxy) is 2. The first kappa shape index (κ1) is 19.6. The SMILES string of the molecule is FC(F)(F)c1ccc(Oc2ccc(Oc3ccc(C(F)(F)F)cc3)cc2)cc1. The van der Waals surface area contributed by atoms with Crippen LogP contribution in [-0.4, -0.2) is 0 Å². The summed E-state index contributed by atoms with van der Waals surface area (Å²) in [5.41, 5.74) is -1.56. The van der Waals surface area contributed by atoms with Gasteiger partial charge >= 0.3 is 12.4 Å². The number of benzene rings is 3. The van der Waals surface area contributed by atoms with Gasteiger partial charge in [0.25, 0.3) is 0 Å². The van der Waals surface area contributed by atoms with Crippen LogP contribution >= 0.6 is 0 Å². The summed E-state index contributed by atoms with van der Waals surface area (Å²) in [6.07, 6.45) is -8.84. The zero-order valence-electron chi connectivity index (χ0n) is 14.0. The minimum atomic E-state index is -4.42. The van der Waals surface area contributed by atoms with E-state index in [4.69, 9.17) is 9.47 Å². The normalized spacial score (nSPS) is 11.9. The molecule has 0 aliphatic heterocycles. The Morgan fingerprint density at radius 1 is 0.393 bits per heavy atom. The second-order valence-electron chi connectivity index (χ2n) is 5.72. The van der Waals surface area contributed by atoms with Gasteiger partial charge in [0.1, 0.15) is 23.0 Å². The van der Waals surface area contributed by atoms with Crippen LogP contribution in [0.4, 0.5) is 26.3 Å². The quantitative estimate of drug-likeness (QED) is 0.429. The van der Waals surface area contributed by atoms with Gasteiger partial charge in [-0.15, -0.1) is 0 Å². The third-order valence-corrected chi connectivity index (χ3v) is 3.66. The molecular weight excluding hydrogens is 386 g/mol. The molecule has 0 saturated carbocycles. The molecule has 2 nitrogen and oxygen atoms in total. The van der Waals surface area contributed by atoms with E-state index in [-0.39, 0.29) is 11.5 Å². The maximum Gasteiger partial charge on any atom is 0.416 e. The van der Waals surface area contributed by atoms with Gasteiger partial charge in [-0.3, -0.25) is 0 Å². The van der Waals surface area contributed by atoms with Gasteiger partial charge < -0.3 is 9.47 Å². The molecule has 0 aliphatic carbocycles. The van der Waals surface area contributed by atoms with Crippen molar-refractivity contribution in [1.82, 2.24) is 0 Å². The molecule has 0 unspecified atom stereocenters. The molecule has 0 saturated heterocycles. The summed E-state index contributed by atoms with van der Waals surface area (Å²) >= 11 is 0. The summed E-state index contributed by atoms with van der Waals surface area (Å²) in [6.45, 7) is 0. The van der Waals surface area contributed by atoms with Crippen LogP contribution in [0.3, 0.4) is 0 Å². The lowest BCUT2D eigenvalue weighted by molar-refractivity contribution is -0.138. The van der Waals surface area contributed by atoms with Crippen molar-refractivity contribution in [1.29, 1.82) is 0 Å². The van der Waals surface area contributed by atoms with E-state index in [1.54, 1.807) is 0 Å². The summed E-state index contributed by atoms with van der Waals surface area (Å²) in [4.78, 5) is 0. The fourth-order valence-electron chi connectivity index (χ4n) is 2.27. The summed E-state index contributed by atoms with van der Waals surface area (Å²) in [6, 6.07) is 14.6. The molecule has 146 valence electrons. The van der Waals surface area contributed by atoms with Gasteiger partial charge in [0.2, 0.25) is 0 Å². The molecule has 0 bridgehead atoms. The summed E-state index contributed by atoms with van der Waals surface area (Å²) in [5.74, 6) is 1.17. The molecule has 3 aromatic rings. The van der Waals surface area contributed by atoms with Crippen LogP contribution in [0.25, 0.3) is 0 Å². The number of rotatable bonds is 4. The highest BCUT2D eigenvalue weighted by Crippen LogP contribution is 2.33. The molecule has 0 heterocycles. The fourth-order valence-corrected chi connectivity index (χ4v) is 2.27. The molecule has 0 radical (unpaired) electrons. The van der Waals surface area contributed by atoms with Crippen molar-refractivity contribution < 1.29 is 35.8 Å². The molecule has 0 spiro atoms. The molecule has 3 aromatic carbocycles. The van der Waals surface area contributed by atoms with E-state index in [1.807, 2.05) is 0 Å². The standard InChI is InChI=1S/C20H12F6O2/c21-19(22,23)13-1-5-15(6-2-13)27-17-9-11-18(12-10-17)28-16-7-3-14(4-8-16)20(24,25)26/h1-12H. The Balaban J connectivity index is 1.63. The Morgan fingerprint density at radius 3 is 0.821 bits per heavy atom. The maximum absolute atomic E-state index is 12.5. The summed E-state index contributed by atoms with van der Waals surface area (Å²) in [7, 11) is 0. The summed E-state index contributed by atoms with van der Waals surface area (Å²) in [5, 5.41) is 0. The van der Waals surface area contributed by atoms with Gasteiger partial charge in [-0.2, -0.15) is 26.3 Å². The van der Waals surface area contributed by atoms with Gasteiger partial charge in [-0.05, 0) is 72.8 Å². The zero-order valence-corrected chi connectivity index (χ0v) is 14.0. The van der Waals surface area contributed by atoms with Crippen LogP contribution in [0.15, 0.2) is 72.8 Å². The van der Waals surface area contributed by atoms with Gasteiger partial charge in [-0.1, -0.05) is 0 Å². The van der Waals surface area contributed by atoms with Crippen LogP contribution in [0.2, 0.25) is 0 Å². The first-order valence-electron chi connectivity index (χ1n) is 7.91. The fraction of sp³-hybridized carbons (Fsp3) is 0.100. The average Bonchev–Trinajstić information content (AvgIpc) is 2.63. The number of alkyl halides is 6. The Kier molecular flexibility index (Phi) is 5.22. The molecule has 28 heavy (non-hydrogen) atoms. The maximum atomic E-state index is 12.5. The van der Waals surface area contributed by atoms with Crippen molar-refractivity contribution in [3.05, 3.63) is 83.9 Å². The van der Waals surface area contributed by atoms with Crippen LogP contribution in [0, 0.1) is 0 Å². The molecule has 0 amide bonds. The van der Waals surface area contributed by atoms with Crippen molar-refractivity contribution in [3.63, 3.8) is 0 Å². The van der Waals surface area contributed by atoms with Gasteiger partial charge in [0.15, 0.2) is 0 Å². The van der Waals surface area contributed by atoms with Gasteiger partial charge in [-0.25, -0.2) is 0 Å². The molecule has 0 aliphatic rings. The second kappa shape index (κ2) is 7.46. The molecular formula is C20H12F6O2. The van der Waals surface area contributed by atoms with E-state index in [0.717, 1.165) is 24.3 Å². The number of hydrogen-bond acceptors (Lipinski definition) is 2. The molecule has 3 rings (SSSR count). The van der Waals surface area contributed by atoms with Crippen LogP contribution in [0.5, 0.6) is 23.0 Å². The molecule has 0 N–H and O–H groups in total. The predicted octanol–water partition coefficient (Wildman–Crippen LogP) is 7.31. The number of hydrogen-bond donors (Lipinski definition) is 0. The third kappa shape index (κ3) is 4.97. The van der Waals surface area contributed by atoms with E-state index in [9.17, 15) is 26.3 Å². The monoisotopic (exact) mass is 398 g/mol. The first-order valence-corrected chi connectivity index (χ1v) is 7.91. The number of halogens is 6. The highest BCUT2D eigenvalue weighted by molar-refractivity contribution is 5.39. The van der Waals surface area contributed by atoms with E-state index < -0.39 is 23.5 Å². The smallest absolute Gasteiger partial charge is 0.416 e. The molecule has 0 fully saturated rings. The van der Waals surface area contributed by atoms with E-state index in [1.165, 1.54) is 48.5 Å². The van der Waals surface area contributed by atoms with Gasteiger partial charge in [0.05, 0.1) is 11.1 Å². The zero-order chi connectivity index (χ0) is 20.4. The first-order chi connectivity index (χ1) is 13.1. The van der Waals surface area contributed by atoms with Gasteiger partial charge in [0, 0.05) is 0 Å². The highest BCUT2D eigenvalue weighted by Gasteiger charge is 2.30. The third-order valence-electron chi connectivity index (χ3n) is 3.66. The lowest BCUT2D eigenvalue weighted by Gasteiger charge is -2.11.